The molecule has 2 aromatic heterocycles. The van der Waals surface area contributed by atoms with E-state index < -0.39 is 6.10 Å². The number of nitrogens with zero attached hydrogens (tertiary/aromatic N) is 2. The zero-order chi connectivity index (χ0) is 19.3. The van der Waals surface area contributed by atoms with E-state index in [0.29, 0.717) is 6.54 Å². The molecule has 1 amide bonds. The Balaban J connectivity index is 1.55. The van der Waals surface area contributed by atoms with Crippen molar-refractivity contribution < 1.29 is 9.90 Å². The second-order valence-corrected chi connectivity index (χ2v) is 7.67. The van der Waals surface area contributed by atoms with E-state index in [-0.39, 0.29) is 18.9 Å². The maximum absolute atomic E-state index is 13.1. The van der Waals surface area contributed by atoms with Crippen LogP contribution < -0.4 is 0 Å². The molecule has 0 aliphatic heterocycles. The minimum atomic E-state index is -0.703. The van der Waals surface area contributed by atoms with Gasteiger partial charge in [0.15, 0.2) is 0 Å². The SMILES string of the molecule is O=C(Cc1[nH]nc2ccccc12)N(Cc1ccccc1)C[C@@H](O)c1cccs1. The highest BCUT2D eigenvalue weighted by Crippen LogP contribution is 2.22. The van der Waals surface area contributed by atoms with Gasteiger partial charge in [-0.15, -0.1) is 11.3 Å². The summed E-state index contributed by atoms with van der Waals surface area (Å²) in [6.45, 7) is 0.703. The van der Waals surface area contributed by atoms with Gasteiger partial charge < -0.3 is 10.0 Å². The van der Waals surface area contributed by atoms with Crippen molar-refractivity contribution in [2.24, 2.45) is 0 Å². The first kappa shape index (κ1) is 18.4. The Morgan fingerprint density at radius 2 is 1.86 bits per heavy atom. The molecule has 142 valence electrons. The Labute approximate surface area is 167 Å². The third-order valence-corrected chi connectivity index (χ3v) is 5.68. The Morgan fingerprint density at radius 1 is 1.07 bits per heavy atom. The molecule has 0 saturated carbocycles. The third-order valence-electron chi connectivity index (χ3n) is 4.70. The van der Waals surface area contributed by atoms with E-state index in [4.69, 9.17) is 0 Å². The summed E-state index contributed by atoms with van der Waals surface area (Å²) < 4.78 is 0. The molecule has 0 aliphatic rings. The molecule has 2 heterocycles. The van der Waals surface area contributed by atoms with Crippen molar-refractivity contribution in [3.05, 3.63) is 88.2 Å². The molecule has 0 radical (unpaired) electrons. The lowest BCUT2D eigenvalue weighted by Gasteiger charge is -2.25. The van der Waals surface area contributed by atoms with Gasteiger partial charge in [-0.25, -0.2) is 0 Å². The van der Waals surface area contributed by atoms with Gasteiger partial charge in [0.2, 0.25) is 5.91 Å². The van der Waals surface area contributed by atoms with Crippen molar-refractivity contribution in [2.45, 2.75) is 19.1 Å². The molecule has 28 heavy (non-hydrogen) atoms. The number of amides is 1. The molecule has 2 N–H and O–H groups in total. The van der Waals surface area contributed by atoms with Crippen molar-refractivity contribution in [3.8, 4) is 0 Å². The van der Waals surface area contributed by atoms with E-state index in [2.05, 4.69) is 10.2 Å². The number of rotatable bonds is 7. The topological polar surface area (TPSA) is 69.2 Å². The van der Waals surface area contributed by atoms with Crippen LogP contribution in [-0.2, 0) is 17.8 Å². The van der Waals surface area contributed by atoms with Crippen LogP contribution in [0.3, 0.4) is 0 Å². The molecule has 4 aromatic rings. The standard InChI is InChI=1S/C22H21N3O2S/c26-20(21-11-6-12-28-21)15-25(14-16-7-2-1-3-8-16)22(27)13-19-17-9-4-5-10-18(17)23-24-19/h1-12,20,26H,13-15H2,(H,23,24)/t20-/m1/s1. The number of para-hydroxylation sites is 1. The molecule has 5 nitrogen and oxygen atoms in total. The Bertz CT molecular complexity index is 1040. The summed E-state index contributed by atoms with van der Waals surface area (Å²) in [5.41, 5.74) is 2.67. The van der Waals surface area contributed by atoms with E-state index >= 15 is 0 Å². The minimum absolute atomic E-state index is 0.0473. The quantitative estimate of drug-likeness (QED) is 0.502. The van der Waals surface area contributed by atoms with Crippen LogP contribution in [0.1, 0.15) is 22.2 Å². The first-order valence-corrected chi connectivity index (χ1v) is 10.0. The van der Waals surface area contributed by atoms with Crippen molar-refractivity contribution in [3.63, 3.8) is 0 Å². The smallest absolute Gasteiger partial charge is 0.228 e. The summed E-state index contributed by atoms with van der Waals surface area (Å²) in [5, 5.41) is 20.7. The van der Waals surface area contributed by atoms with Gasteiger partial charge in [0.1, 0.15) is 6.10 Å². The molecule has 0 spiro atoms. The number of nitrogens with one attached hydrogen (secondary N) is 1. The van der Waals surface area contributed by atoms with Gasteiger partial charge in [-0.05, 0) is 23.1 Å². The van der Waals surface area contributed by atoms with E-state index in [1.165, 1.54) is 11.3 Å². The molecule has 0 saturated heterocycles. The number of carbonyl (C=O) groups excluding carboxylic acids is 1. The fourth-order valence-electron chi connectivity index (χ4n) is 3.25. The Morgan fingerprint density at radius 3 is 2.64 bits per heavy atom. The maximum Gasteiger partial charge on any atom is 0.228 e. The lowest BCUT2D eigenvalue weighted by Crippen LogP contribution is -2.35. The average molecular weight is 391 g/mol. The van der Waals surface area contributed by atoms with Gasteiger partial charge in [0, 0.05) is 16.8 Å². The number of fused-ring (bicyclic) bond motifs is 1. The molecule has 1 atom stereocenters. The number of carbonyl (C=O) groups is 1. The largest absolute Gasteiger partial charge is 0.386 e. The van der Waals surface area contributed by atoms with Crippen LogP contribution in [0.5, 0.6) is 0 Å². The van der Waals surface area contributed by atoms with E-state index in [1.54, 1.807) is 4.90 Å². The fourth-order valence-corrected chi connectivity index (χ4v) is 3.95. The second-order valence-electron chi connectivity index (χ2n) is 6.69. The van der Waals surface area contributed by atoms with Crippen molar-refractivity contribution in [1.29, 1.82) is 0 Å². The summed E-state index contributed by atoms with van der Waals surface area (Å²) in [6.07, 6.45) is -0.490. The van der Waals surface area contributed by atoms with E-state index in [0.717, 1.165) is 27.0 Å². The summed E-state index contributed by atoms with van der Waals surface area (Å²) in [5.74, 6) is -0.0473. The summed E-state index contributed by atoms with van der Waals surface area (Å²) in [6, 6.07) is 21.4. The first-order chi connectivity index (χ1) is 13.7. The highest BCUT2D eigenvalue weighted by Gasteiger charge is 2.21. The molecule has 4 rings (SSSR count). The molecule has 2 aromatic carbocycles. The number of aliphatic hydroxyl groups is 1. The van der Waals surface area contributed by atoms with Crippen molar-refractivity contribution in [2.75, 3.05) is 6.54 Å². The third kappa shape index (κ3) is 4.13. The van der Waals surface area contributed by atoms with E-state index in [1.807, 2.05) is 72.1 Å². The highest BCUT2D eigenvalue weighted by molar-refractivity contribution is 7.10. The van der Waals surface area contributed by atoms with Crippen LogP contribution in [0.4, 0.5) is 0 Å². The predicted molar refractivity (Wildman–Crippen MR) is 111 cm³/mol. The van der Waals surface area contributed by atoms with Crippen LogP contribution >= 0.6 is 11.3 Å². The number of thiophene rings is 1. The van der Waals surface area contributed by atoms with Crippen LogP contribution in [0, 0.1) is 0 Å². The zero-order valence-corrected chi connectivity index (χ0v) is 16.1. The number of H-pyrrole nitrogens is 1. The number of hydrogen-bond donors (Lipinski definition) is 2. The van der Waals surface area contributed by atoms with Crippen molar-refractivity contribution in [1.82, 2.24) is 15.1 Å². The summed E-state index contributed by atoms with van der Waals surface area (Å²) in [4.78, 5) is 15.7. The maximum atomic E-state index is 13.1. The van der Waals surface area contributed by atoms with Gasteiger partial charge in [-0.2, -0.15) is 5.10 Å². The lowest BCUT2D eigenvalue weighted by atomic mass is 10.1. The number of hydrogen-bond acceptors (Lipinski definition) is 4. The predicted octanol–water partition coefficient (Wildman–Crippen LogP) is 3.93. The van der Waals surface area contributed by atoms with Gasteiger partial charge in [-0.1, -0.05) is 54.6 Å². The van der Waals surface area contributed by atoms with Gasteiger partial charge in [-0.3, -0.25) is 9.89 Å². The molecular formula is C22H21N3O2S. The Kier molecular flexibility index (Phi) is 5.50. The number of aromatic amines is 1. The molecule has 0 unspecified atom stereocenters. The lowest BCUT2D eigenvalue weighted by molar-refractivity contribution is -0.132. The summed E-state index contributed by atoms with van der Waals surface area (Å²) in [7, 11) is 0. The second kappa shape index (κ2) is 8.37. The minimum Gasteiger partial charge on any atom is -0.386 e. The number of benzene rings is 2. The average Bonchev–Trinajstić information content (AvgIpc) is 3.39. The number of aliphatic hydroxyl groups excluding tert-OH is 1. The normalized spacial score (nSPS) is 12.2. The number of aromatic nitrogens is 2. The summed E-state index contributed by atoms with van der Waals surface area (Å²) >= 11 is 1.49. The van der Waals surface area contributed by atoms with Gasteiger partial charge in [0.05, 0.1) is 24.2 Å². The molecule has 0 aliphatic carbocycles. The molecule has 0 bridgehead atoms. The fraction of sp³-hybridized carbons (Fsp3) is 0.182. The van der Waals surface area contributed by atoms with Gasteiger partial charge in [0.25, 0.3) is 0 Å². The monoisotopic (exact) mass is 391 g/mol. The highest BCUT2D eigenvalue weighted by atomic mass is 32.1. The van der Waals surface area contributed by atoms with Crippen LogP contribution in [0.15, 0.2) is 72.1 Å². The van der Waals surface area contributed by atoms with Crippen LogP contribution in [0.25, 0.3) is 10.9 Å². The zero-order valence-electron chi connectivity index (χ0n) is 15.3. The van der Waals surface area contributed by atoms with Crippen molar-refractivity contribution >= 4 is 28.1 Å². The Hall–Kier alpha value is -2.96. The molecule has 0 fully saturated rings. The van der Waals surface area contributed by atoms with Crippen LogP contribution in [0.2, 0.25) is 0 Å². The first-order valence-electron chi connectivity index (χ1n) is 9.16. The van der Waals surface area contributed by atoms with Crippen LogP contribution in [-0.4, -0.2) is 32.7 Å². The molecule has 6 heteroatoms. The van der Waals surface area contributed by atoms with Gasteiger partial charge >= 0.3 is 0 Å². The van der Waals surface area contributed by atoms with E-state index in [9.17, 15) is 9.90 Å². The molecular weight excluding hydrogens is 370 g/mol.